The molecule has 3 N–H and O–H groups in total. The van der Waals surface area contributed by atoms with Crippen LogP contribution in [0.5, 0.6) is 0 Å². The fourth-order valence-electron chi connectivity index (χ4n) is 6.56. The summed E-state index contributed by atoms with van der Waals surface area (Å²) in [6, 6.07) is 15.2. The molecule has 8 rings (SSSR count). The predicted octanol–water partition coefficient (Wildman–Crippen LogP) is 2.97. The molecule has 1 amide bonds. The Balaban J connectivity index is 1.72. The third-order valence-corrected chi connectivity index (χ3v) is 7.84. The minimum atomic E-state index is -1.94. The number of nitrogens with one attached hydrogen (secondary N) is 1. The van der Waals surface area contributed by atoms with Crippen LogP contribution in [-0.4, -0.2) is 43.9 Å². The van der Waals surface area contributed by atoms with E-state index in [2.05, 4.69) is 5.32 Å². The number of hydrogen-bond donors (Lipinski definition) is 3. The van der Waals surface area contributed by atoms with Crippen molar-refractivity contribution in [3.63, 3.8) is 0 Å². The first-order valence-electron chi connectivity index (χ1n) is 11.4. The highest BCUT2D eigenvalue weighted by Crippen LogP contribution is 2.56. The summed E-state index contributed by atoms with van der Waals surface area (Å²) >= 11 is 0. The Morgan fingerprint density at radius 1 is 1.06 bits per heavy atom. The van der Waals surface area contributed by atoms with Gasteiger partial charge in [0.25, 0.3) is 5.91 Å². The second-order valence-corrected chi connectivity index (χ2v) is 9.45. The van der Waals surface area contributed by atoms with Gasteiger partial charge < -0.3 is 34.1 Å². The van der Waals surface area contributed by atoms with Crippen LogP contribution in [0, 0.1) is 0 Å². The summed E-state index contributed by atoms with van der Waals surface area (Å²) in [5, 5.41) is 28.4. The number of fused-ring (bicyclic) bond motifs is 13. The van der Waals surface area contributed by atoms with Gasteiger partial charge >= 0.3 is 5.97 Å². The lowest BCUT2D eigenvalue weighted by Crippen LogP contribution is -2.44. The van der Waals surface area contributed by atoms with Crippen LogP contribution in [0.25, 0.3) is 43.6 Å². The maximum Gasteiger partial charge on any atom is 0.342 e. The smallest absolute Gasteiger partial charge is 0.342 e. The highest BCUT2D eigenvalue weighted by atomic mass is 16.6. The van der Waals surface area contributed by atoms with Crippen molar-refractivity contribution in [1.29, 1.82) is 0 Å². The molecule has 9 heteroatoms. The number of esters is 1. The average molecular weight is 469 g/mol. The van der Waals surface area contributed by atoms with Crippen molar-refractivity contribution >= 4 is 55.5 Å². The van der Waals surface area contributed by atoms with E-state index in [-0.39, 0.29) is 12.3 Å². The van der Waals surface area contributed by atoms with Gasteiger partial charge in [-0.1, -0.05) is 36.4 Å². The third-order valence-electron chi connectivity index (χ3n) is 7.84. The summed E-state index contributed by atoms with van der Waals surface area (Å²) in [5.41, 5.74) is 2.00. The van der Waals surface area contributed by atoms with Crippen molar-refractivity contribution < 1.29 is 29.3 Å². The molecule has 0 saturated carbocycles. The maximum atomic E-state index is 13.2. The van der Waals surface area contributed by atoms with Crippen LogP contribution in [0.1, 0.15) is 41.0 Å². The molecule has 9 nitrogen and oxygen atoms in total. The lowest BCUT2D eigenvalue weighted by molar-refractivity contribution is -0.174. The monoisotopic (exact) mass is 469 g/mol. The summed E-state index contributed by atoms with van der Waals surface area (Å²) in [6.45, 7) is 0. The normalized spacial score (nSPS) is 26.7. The van der Waals surface area contributed by atoms with E-state index >= 15 is 0 Å². The lowest BCUT2D eigenvalue weighted by atomic mass is 9.95. The van der Waals surface area contributed by atoms with E-state index in [0.717, 1.165) is 32.7 Å². The number of methoxy groups -OCH3 is 1. The highest BCUT2D eigenvalue weighted by molar-refractivity contribution is 6.31. The van der Waals surface area contributed by atoms with Gasteiger partial charge in [-0.2, -0.15) is 0 Å². The number of carbonyl (C=O) groups is 2. The zero-order valence-electron chi connectivity index (χ0n) is 18.5. The Hall–Kier alpha value is -3.92. The molecule has 174 valence electrons. The molecule has 3 aliphatic heterocycles. The topological polar surface area (TPSA) is 115 Å². The molecule has 0 radical (unpaired) electrons. The molecule has 4 unspecified atom stereocenters. The van der Waals surface area contributed by atoms with Gasteiger partial charge in [-0.05, 0) is 12.1 Å². The minimum Gasteiger partial charge on any atom is -0.467 e. The SMILES string of the molecule is COC(=O)C1(O)CC2OC1n1c3ccccc3c3c4c(c5c6ccccc6n2c5c31)C(=O)NC4O. The highest BCUT2D eigenvalue weighted by Gasteiger charge is 2.58. The lowest BCUT2D eigenvalue weighted by Gasteiger charge is -2.28. The number of ether oxygens (including phenoxy) is 2. The fourth-order valence-corrected chi connectivity index (χ4v) is 6.56. The molecule has 1 saturated heterocycles. The van der Waals surface area contributed by atoms with Crippen LogP contribution in [0.3, 0.4) is 0 Å². The summed E-state index contributed by atoms with van der Waals surface area (Å²) < 4.78 is 15.3. The van der Waals surface area contributed by atoms with Gasteiger partial charge in [-0.15, -0.1) is 0 Å². The molecule has 3 aliphatic rings. The van der Waals surface area contributed by atoms with Gasteiger partial charge in [0, 0.05) is 33.5 Å². The van der Waals surface area contributed by atoms with E-state index in [1.54, 1.807) is 0 Å². The molecule has 35 heavy (non-hydrogen) atoms. The number of aromatic nitrogens is 2. The van der Waals surface area contributed by atoms with Crippen LogP contribution < -0.4 is 5.32 Å². The Morgan fingerprint density at radius 2 is 1.69 bits per heavy atom. The number of aliphatic hydroxyl groups excluding tert-OH is 1. The molecular weight excluding hydrogens is 450 g/mol. The number of benzene rings is 3. The molecule has 2 bridgehead atoms. The van der Waals surface area contributed by atoms with E-state index in [4.69, 9.17) is 9.47 Å². The minimum absolute atomic E-state index is 0.0164. The first kappa shape index (κ1) is 19.4. The number of amides is 1. The van der Waals surface area contributed by atoms with Crippen LogP contribution in [0.15, 0.2) is 48.5 Å². The van der Waals surface area contributed by atoms with Crippen molar-refractivity contribution in [3.8, 4) is 0 Å². The van der Waals surface area contributed by atoms with Crippen LogP contribution in [0.4, 0.5) is 0 Å². The molecular formula is C26H19N3O6. The molecule has 0 aliphatic carbocycles. The largest absolute Gasteiger partial charge is 0.467 e. The number of aliphatic hydroxyl groups is 2. The van der Waals surface area contributed by atoms with Gasteiger partial charge in [0.2, 0.25) is 5.60 Å². The van der Waals surface area contributed by atoms with Crippen molar-refractivity contribution in [2.45, 2.75) is 30.7 Å². The number of hydrogen-bond acceptors (Lipinski definition) is 6. The number of carbonyl (C=O) groups excluding carboxylic acids is 2. The van der Waals surface area contributed by atoms with Crippen LogP contribution >= 0.6 is 0 Å². The quantitative estimate of drug-likeness (QED) is 0.325. The van der Waals surface area contributed by atoms with Crippen molar-refractivity contribution in [2.24, 2.45) is 0 Å². The Labute approximate surface area is 197 Å². The molecule has 5 aromatic rings. The Bertz CT molecular complexity index is 1820. The maximum absolute atomic E-state index is 13.2. The Kier molecular flexibility index (Phi) is 3.33. The predicted molar refractivity (Wildman–Crippen MR) is 126 cm³/mol. The summed E-state index contributed by atoms with van der Waals surface area (Å²) in [6.07, 6.45) is -2.95. The van der Waals surface area contributed by atoms with Crippen molar-refractivity contribution in [2.75, 3.05) is 7.11 Å². The fraction of sp³-hybridized carbons (Fsp3) is 0.231. The van der Waals surface area contributed by atoms with E-state index in [9.17, 15) is 19.8 Å². The van der Waals surface area contributed by atoms with E-state index in [1.807, 2.05) is 57.7 Å². The molecule has 4 atom stereocenters. The van der Waals surface area contributed by atoms with Gasteiger partial charge in [0.1, 0.15) is 6.23 Å². The summed E-state index contributed by atoms with van der Waals surface area (Å²) in [4.78, 5) is 26.1. The molecule has 2 aromatic heterocycles. The standard InChI is InChI=1S/C26H19N3O6/c1-34-25(32)26(33)10-15-28-13-8-4-2-6-11(13)16-18-19(23(31)27-22(18)30)17-12-7-3-5-9-14(12)29(24(26)35-15)21(17)20(16)28/h2-9,15,23-24,31,33H,10H2,1H3,(H,27,30). The Morgan fingerprint density at radius 3 is 2.40 bits per heavy atom. The van der Waals surface area contributed by atoms with Gasteiger partial charge in [-0.25, -0.2) is 4.79 Å². The third kappa shape index (κ3) is 1.99. The first-order chi connectivity index (χ1) is 17.0. The van der Waals surface area contributed by atoms with Crippen LogP contribution in [0.2, 0.25) is 0 Å². The number of rotatable bonds is 1. The van der Waals surface area contributed by atoms with Gasteiger partial charge in [0.05, 0.1) is 34.7 Å². The summed E-state index contributed by atoms with van der Waals surface area (Å²) in [5.74, 6) is -1.11. The van der Waals surface area contributed by atoms with E-state index in [1.165, 1.54) is 7.11 Å². The number of nitrogens with zero attached hydrogens (tertiary/aromatic N) is 2. The number of para-hydroxylation sites is 2. The first-order valence-corrected chi connectivity index (χ1v) is 11.4. The molecule has 5 heterocycles. The van der Waals surface area contributed by atoms with E-state index in [0.29, 0.717) is 22.0 Å². The molecule has 0 spiro atoms. The molecule has 3 aromatic carbocycles. The molecule has 1 fully saturated rings. The van der Waals surface area contributed by atoms with Crippen LogP contribution in [-0.2, 0) is 14.3 Å². The van der Waals surface area contributed by atoms with Gasteiger partial charge in [0.15, 0.2) is 12.5 Å². The second-order valence-electron chi connectivity index (χ2n) is 9.45. The average Bonchev–Trinajstić information content (AvgIpc) is 3.53. The second kappa shape index (κ2) is 6.01. The van der Waals surface area contributed by atoms with E-state index < -0.39 is 30.3 Å². The summed E-state index contributed by atoms with van der Waals surface area (Å²) in [7, 11) is 1.25. The zero-order valence-corrected chi connectivity index (χ0v) is 18.5. The van der Waals surface area contributed by atoms with Gasteiger partial charge in [-0.3, -0.25) is 4.79 Å². The zero-order chi connectivity index (χ0) is 23.8. The van der Waals surface area contributed by atoms with Crippen molar-refractivity contribution in [3.05, 3.63) is 59.7 Å². The van der Waals surface area contributed by atoms with Crippen molar-refractivity contribution in [1.82, 2.24) is 14.5 Å².